The number of carbonyl (C=O) groups is 3. The zero-order chi connectivity index (χ0) is 24.2. The predicted molar refractivity (Wildman–Crippen MR) is 123 cm³/mol. The van der Waals surface area contributed by atoms with Crippen molar-refractivity contribution in [2.24, 2.45) is 0 Å². The van der Waals surface area contributed by atoms with E-state index in [0.717, 1.165) is 18.4 Å². The maximum absolute atomic E-state index is 12.7. The smallest absolute Gasteiger partial charge is 0.410 e. The number of carbonyl (C=O) groups excluding carboxylic acids is 3. The third kappa shape index (κ3) is 6.04. The molecule has 0 spiro atoms. The third-order valence-electron chi connectivity index (χ3n) is 5.68. The first-order chi connectivity index (χ1) is 15.6. The minimum absolute atomic E-state index is 0.0923. The van der Waals surface area contributed by atoms with Crippen molar-refractivity contribution in [3.63, 3.8) is 0 Å². The van der Waals surface area contributed by atoms with Crippen molar-refractivity contribution >= 4 is 23.7 Å². The highest BCUT2D eigenvalue weighted by molar-refractivity contribution is 6.08. The summed E-state index contributed by atoms with van der Waals surface area (Å²) in [7, 11) is 1.27. The fourth-order valence-corrected chi connectivity index (χ4v) is 4.07. The molecule has 1 fully saturated rings. The molecule has 9 heteroatoms. The first-order valence-corrected chi connectivity index (χ1v) is 11.2. The molecule has 1 atom stereocenters. The topological polar surface area (TPSA) is 108 Å². The van der Waals surface area contributed by atoms with Gasteiger partial charge in [0.15, 0.2) is 0 Å². The number of nitrogens with one attached hydrogen (secondary N) is 1. The quantitative estimate of drug-likeness (QED) is 0.629. The molecule has 0 bridgehead atoms. The maximum atomic E-state index is 12.7. The van der Waals surface area contributed by atoms with Crippen LogP contribution in [0.15, 0.2) is 35.5 Å². The Morgan fingerprint density at radius 1 is 1.21 bits per heavy atom. The number of amides is 2. The minimum atomic E-state index is -0.577. The standard InChI is InChI=1S/C24H33N3O6/c1-24(2,3)33-23(31)27-11-5-6-17(14-27)16-7-9-18(10-8-16)25-20-19(22(30)32-4)15-26(12-13-28)21(20)29/h7-10,17,25,28H,5-6,11-15H2,1-4H3. The van der Waals surface area contributed by atoms with Crippen molar-refractivity contribution in [2.45, 2.75) is 45.1 Å². The predicted octanol–water partition coefficient (Wildman–Crippen LogP) is 2.47. The summed E-state index contributed by atoms with van der Waals surface area (Å²) < 4.78 is 10.3. The number of rotatable bonds is 6. The number of piperidine rings is 1. The average Bonchev–Trinajstić information content (AvgIpc) is 3.08. The van der Waals surface area contributed by atoms with Gasteiger partial charge in [-0.1, -0.05) is 12.1 Å². The highest BCUT2D eigenvalue weighted by atomic mass is 16.6. The molecule has 0 saturated carbocycles. The Morgan fingerprint density at radius 3 is 2.52 bits per heavy atom. The first-order valence-electron chi connectivity index (χ1n) is 11.2. The van der Waals surface area contributed by atoms with E-state index in [1.54, 1.807) is 4.90 Å². The van der Waals surface area contributed by atoms with E-state index in [1.165, 1.54) is 12.0 Å². The van der Waals surface area contributed by atoms with Gasteiger partial charge in [0.2, 0.25) is 0 Å². The Labute approximate surface area is 194 Å². The minimum Gasteiger partial charge on any atom is -0.466 e. The summed E-state index contributed by atoms with van der Waals surface area (Å²) >= 11 is 0. The van der Waals surface area contributed by atoms with Crippen LogP contribution in [0.2, 0.25) is 0 Å². The highest BCUT2D eigenvalue weighted by Gasteiger charge is 2.34. The zero-order valence-electron chi connectivity index (χ0n) is 19.7. The Balaban J connectivity index is 1.70. The van der Waals surface area contributed by atoms with Crippen LogP contribution in [0.3, 0.4) is 0 Å². The molecule has 3 rings (SSSR count). The fourth-order valence-electron chi connectivity index (χ4n) is 4.07. The van der Waals surface area contributed by atoms with E-state index in [2.05, 4.69) is 5.32 Å². The Kier molecular flexibility index (Phi) is 7.63. The molecule has 0 aliphatic carbocycles. The molecule has 180 valence electrons. The molecule has 1 unspecified atom stereocenters. The van der Waals surface area contributed by atoms with E-state index in [0.29, 0.717) is 18.8 Å². The number of hydrogen-bond donors (Lipinski definition) is 2. The van der Waals surface area contributed by atoms with Gasteiger partial charge < -0.3 is 29.7 Å². The molecule has 1 aromatic carbocycles. The van der Waals surface area contributed by atoms with Crippen molar-refractivity contribution in [3.8, 4) is 0 Å². The van der Waals surface area contributed by atoms with Crippen molar-refractivity contribution in [2.75, 3.05) is 45.2 Å². The number of aliphatic hydroxyl groups excluding tert-OH is 1. The van der Waals surface area contributed by atoms with E-state index >= 15 is 0 Å². The molecule has 0 aromatic heterocycles. The monoisotopic (exact) mass is 459 g/mol. The second kappa shape index (κ2) is 10.2. The summed E-state index contributed by atoms with van der Waals surface area (Å²) in [5.41, 5.74) is 1.63. The summed E-state index contributed by atoms with van der Waals surface area (Å²) in [6, 6.07) is 7.64. The molecule has 33 heavy (non-hydrogen) atoms. The highest BCUT2D eigenvalue weighted by Crippen LogP contribution is 2.30. The second-order valence-corrected chi connectivity index (χ2v) is 9.31. The van der Waals surface area contributed by atoms with Gasteiger partial charge in [-0.05, 0) is 51.3 Å². The second-order valence-electron chi connectivity index (χ2n) is 9.31. The first kappa shape index (κ1) is 24.6. The number of β-amino-alcohol motifs (C(OH)–C–C–N with tert-alkyl or cyclic N) is 1. The van der Waals surface area contributed by atoms with Gasteiger partial charge in [0.05, 0.1) is 25.8 Å². The van der Waals surface area contributed by atoms with Crippen LogP contribution in [0.5, 0.6) is 0 Å². The van der Waals surface area contributed by atoms with Crippen LogP contribution >= 0.6 is 0 Å². The van der Waals surface area contributed by atoms with Crippen molar-refractivity contribution < 1.29 is 29.0 Å². The lowest BCUT2D eigenvalue weighted by molar-refractivity contribution is -0.136. The third-order valence-corrected chi connectivity index (χ3v) is 5.68. The number of likely N-dealkylation sites (tertiary alicyclic amines) is 1. The number of methoxy groups -OCH3 is 1. The summed E-state index contributed by atoms with van der Waals surface area (Å²) in [4.78, 5) is 40.4. The zero-order valence-corrected chi connectivity index (χ0v) is 19.7. The van der Waals surface area contributed by atoms with Gasteiger partial charge >= 0.3 is 12.1 Å². The van der Waals surface area contributed by atoms with Gasteiger partial charge in [-0.25, -0.2) is 9.59 Å². The SMILES string of the molecule is COC(=O)C1=C(Nc2ccc(C3CCCN(C(=O)OC(C)(C)C)C3)cc2)C(=O)N(CCO)C1. The van der Waals surface area contributed by atoms with Crippen LogP contribution in [0, 0.1) is 0 Å². The molecule has 2 aliphatic rings. The van der Waals surface area contributed by atoms with E-state index in [4.69, 9.17) is 9.47 Å². The number of aliphatic hydroxyl groups is 1. The molecular weight excluding hydrogens is 426 g/mol. The number of esters is 1. The lowest BCUT2D eigenvalue weighted by atomic mass is 9.90. The molecule has 0 radical (unpaired) electrons. The van der Waals surface area contributed by atoms with Crippen molar-refractivity contribution in [3.05, 3.63) is 41.1 Å². The lowest BCUT2D eigenvalue weighted by Crippen LogP contribution is -2.42. The summed E-state index contributed by atoms with van der Waals surface area (Å²) in [6.45, 7) is 6.89. The number of nitrogens with zero attached hydrogens (tertiary/aromatic N) is 2. The molecular formula is C24H33N3O6. The van der Waals surface area contributed by atoms with Crippen LogP contribution in [-0.4, -0.2) is 78.4 Å². The molecule has 9 nitrogen and oxygen atoms in total. The Hall–Kier alpha value is -3.07. The molecule has 2 heterocycles. The Bertz CT molecular complexity index is 919. The lowest BCUT2D eigenvalue weighted by Gasteiger charge is -2.34. The Morgan fingerprint density at radius 2 is 1.91 bits per heavy atom. The van der Waals surface area contributed by atoms with Gasteiger partial charge in [0.25, 0.3) is 5.91 Å². The van der Waals surface area contributed by atoms with E-state index in [1.807, 2.05) is 45.0 Å². The molecule has 2 amide bonds. The van der Waals surface area contributed by atoms with Crippen LogP contribution in [-0.2, 0) is 19.1 Å². The normalized spacial score (nSPS) is 19.1. The van der Waals surface area contributed by atoms with Gasteiger partial charge in [-0.2, -0.15) is 0 Å². The molecule has 1 saturated heterocycles. The van der Waals surface area contributed by atoms with Gasteiger partial charge in [-0.3, -0.25) is 4.79 Å². The summed E-state index contributed by atoms with van der Waals surface area (Å²) in [5, 5.41) is 12.2. The number of hydrogen-bond acceptors (Lipinski definition) is 7. The fraction of sp³-hybridized carbons (Fsp3) is 0.542. The molecule has 1 aromatic rings. The van der Waals surface area contributed by atoms with Crippen LogP contribution in [0.1, 0.15) is 45.1 Å². The van der Waals surface area contributed by atoms with Crippen LogP contribution in [0.4, 0.5) is 10.5 Å². The maximum Gasteiger partial charge on any atom is 0.410 e. The van der Waals surface area contributed by atoms with Crippen molar-refractivity contribution in [1.29, 1.82) is 0 Å². The molecule has 2 aliphatic heterocycles. The largest absolute Gasteiger partial charge is 0.466 e. The van der Waals surface area contributed by atoms with E-state index in [-0.39, 0.29) is 48.9 Å². The van der Waals surface area contributed by atoms with Crippen molar-refractivity contribution in [1.82, 2.24) is 9.80 Å². The van der Waals surface area contributed by atoms with E-state index < -0.39 is 11.6 Å². The van der Waals surface area contributed by atoms with Gasteiger partial charge in [0.1, 0.15) is 11.3 Å². The van der Waals surface area contributed by atoms with E-state index in [9.17, 15) is 19.5 Å². The number of ether oxygens (including phenoxy) is 2. The average molecular weight is 460 g/mol. The summed E-state index contributed by atoms with van der Waals surface area (Å²) in [5.74, 6) is -0.737. The van der Waals surface area contributed by atoms with Gasteiger partial charge in [0, 0.05) is 31.2 Å². The summed E-state index contributed by atoms with van der Waals surface area (Å²) in [6.07, 6.45) is 1.58. The van der Waals surface area contributed by atoms with Crippen LogP contribution in [0.25, 0.3) is 0 Å². The van der Waals surface area contributed by atoms with Gasteiger partial charge in [-0.15, -0.1) is 0 Å². The molecule has 2 N–H and O–H groups in total. The van der Waals surface area contributed by atoms with Crippen LogP contribution < -0.4 is 5.32 Å². The number of benzene rings is 1. The number of anilines is 1.